The van der Waals surface area contributed by atoms with Crippen molar-refractivity contribution in [1.82, 2.24) is 21.3 Å². The van der Waals surface area contributed by atoms with Crippen LogP contribution < -0.4 is 21.3 Å². The number of ketones is 1. The number of hydrogen-bond acceptors (Lipinski definition) is 6. The summed E-state index contributed by atoms with van der Waals surface area (Å²) in [7, 11) is 0. The number of rotatable bonds is 6. The molecule has 0 aromatic heterocycles. The van der Waals surface area contributed by atoms with E-state index in [0.29, 0.717) is 6.42 Å². The minimum absolute atomic E-state index is 0.0195. The molecule has 248 valence electrons. The van der Waals surface area contributed by atoms with Gasteiger partial charge in [-0.15, -0.1) is 0 Å². The van der Waals surface area contributed by atoms with Gasteiger partial charge in [0.25, 0.3) is 5.91 Å². The van der Waals surface area contributed by atoms with E-state index >= 15 is 0 Å². The van der Waals surface area contributed by atoms with Gasteiger partial charge >= 0.3 is 6.09 Å². The number of hydrogen-bond donors (Lipinski definition) is 4. The number of ether oxygens (including phenoxy) is 1. The predicted octanol–water partition coefficient (Wildman–Crippen LogP) is 4.40. The molecule has 4 aromatic carbocycles. The molecule has 1 unspecified atom stereocenters. The molecule has 0 fully saturated rings. The molecule has 4 amide bonds. The molecular weight excluding hydrogens is 608 g/mol. The fraction of sp³-hybridized carbons (Fsp3) is 0.237. The van der Waals surface area contributed by atoms with Crippen LogP contribution in [0.25, 0.3) is 11.1 Å². The first-order valence-electron chi connectivity index (χ1n) is 15.7. The zero-order valence-electron chi connectivity index (χ0n) is 27.0. The van der Waals surface area contributed by atoms with Crippen LogP contribution in [0.4, 0.5) is 4.79 Å². The molecule has 0 spiro atoms. The molecule has 10 heteroatoms. The van der Waals surface area contributed by atoms with E-state index in [9.17, 15) is 24.0 Å². The summed E-state index contributed by atoms with van der Waals surface area (Å²) >= 11 is 0. The Kier molecular flexibility index (Phi) is 13.0. The second-order valence-electron chi connectivity index (χ2n) is 11.4. The normalized spacial score (nSPS) is 16.0. The summed E-state index contributed by atoms with van der Waals surface area (Å²) in [6, 6.07) is 32.8. The molecule has 0 saturated carbocycles. The third kappa shape index (κ3) is 11.2. The molecule has 0 saturated heterocycles. The van der Waals surface area contributed by atoms with Gasteiger partial charge in [-0.1, -0.05) is 109 Å². The first-order chi connectivity index (χ1) is 23.2. The van der Waals surface area contributed by atoms with Crippen LogP contribution in [-0.4, -0.2) is 48.2 Å². The molecule has 4 aromatic rings. The summed E-state index contributed by atoms with van der Waals surface area (Å²) < 4.78 is 5.28. The Morgan fingerprint density at radius 3 is 2.04 bits per heavy atom. The maximum Gasteiger partial charge on any atom is 0.408 e. The second kappa shape index (κ2) is 17.8. The highest BCUT2D eigenvalue weighted by molar-refractivity contribution is 6.37. The van der Waals surface area contributed by atoms with Crippen LogP contribution >= 0.6 is 0 Å². The maximum absolute atomic E-state index is 13.1. The van der Waals surface area contributed by atoms with Crippen molar-refractivity contribution >= 4 is 29.6 Å². The Morgan fingerprint density at radius 1 is 0.771 bits per heavy atom. The molecular formula is C38H40N4O6. The quantitative estimate of drug-likeness (QED) is 0.229. The van der Waals surface area contributed by atoms with Crippen LogP contribution in [-0.2, 0) is 43.5 Å². The van der Waals surface area contributed by atoms with Crippen LogP contribution in [0, 0.1) is 6.92 Å². The number of cyclic esters (lactones) is 1. The number of amides is 4. The number of carbonyl (C=O) groups is 5. The van der Waals surface area contributed by atoms with Crippen LogP contribution in [0.1, 0.15) is 35.6 Å². The van der Waals surface area contributed by atoms with Crippen molar-refractivity contribution in [2.24, 2.45) is 0 Å². The number of fused-ring (bicyclic) bond motifs is 5. The second-order valence-corrected chi connectivity index (χ2v) is 11.4. The van der Waals surface area contributed by atoms with E-state index < -0.39 is 48.2 Å². The lowest BCUT2D eigenvalue weighted by Crippen LogP contribution is -2.53. The van der Waals surface area contributed by atoms with Gasteiger partial charge in [-0.25, -0.2) is 4.79 Å². The molecule has 0 radical (unpaired) electrons. The smallest absolute Gasteiger partial charge is 0.408 e. The number of aryl methyl sites for hydroxylation is 2. The number of alkyl carbamates (subject to hydrolysis) is 1. The third-order valence-electron chi connectivity index (χ3n) is 7.55. The minimum atomic E-state index is -1.03. The summed E-state index contributed by atoms with van der Waals surface area (Å²) in [5.74, 6) is -2.87. The molecule has 1 aliphatic rings. The monoisotopic (exact) mass is 648 g/mol. The molecule has 10 nitrogen and oxygen atoms in total. The van der Waals surface area contributed by atoms with E-state index in [1.807, 2.05) is 97.1 Å². The number of carbonyl (C=O) groups excluding carboxylic acids is 5. The van der Waals surface area contributed by atoms with Crippen LogP contribution in [0.3, 0.4) is 0 Å². The van der Waals surface area contributed by atoms with E-state index in [0.717, 1.165) is 27.8 Å². The van der Waals surface area contributed by atoms with Gasteiger partial charge < -0.3 is 26.0 Å². The Balaban J connectivity index is 0.000000659. The zero-order valence-corrected chi connectivity index (χ0v) is 27.0. The molecule has 2 atom stereocenters. The molecule has 1 heterocycles. The number of benzene rings is 4. The lowest BCUT2D eigenvalue weighted by atomic mass is 9.98. The van der Waals surface area contributed by atoms with Crippen molar-refractivity contribution in [1.29, 1.82) is 0 Å². The molecule has 1 aliphatic heterocycles. The summed E-state index contributed by atoms with van der Waals surface area (Å²) in [6.45, 7) is 3.22. The van der Waals surface area contributed by atoms with E-state index in [1.54, 1.807) is 0 Å². The minimum Gasteiger partial charge on any atom is -0.445 e. The Morgan fingerprint density at radius 2 is 1.40 bits per heavy atom. The first kappa shape index (κ1) is 35.1. The van der Waals surface area contributed by atoms with Crippen molar-refractivity contribution in [3.63, 3.8) is 0 Å². The van der Waals surface area contributed by atoms with Gasteiger partial charge in [0.1, 0.15) is 18.7 Å². The van der Waals surface area contributed by atoms with Crippen molar-refractivity contribution in [3.05, 3.63) is 131 Å². The van der Waals surface area contributed by atoms with Crippen molar-refractivity contribution in [3.8, 4) is 11.1 Å². The number of Topliss-reactive ketones (excluding diaryl/α,β-unsaturated/α-hetero) is 1. The van der Waals surface area contributed by atoms with Crippen LogP contribution in [0.5, 0.6) is 0 Å². The van der Waals surface area contributed by atoms with Gasteiger partial charge in [-0.2, -0.15) is 0 Å². The Labute approximate surface area is 280 Å². The fourth-order valence-electron chi connectivity index (χ4n) is 4.84. The standard InChI is InChI=1S/C31H32N4O6.C7H8/c1-20-28(37)35-26(29(38)33-18-27(36)30(39)32-17-22-7-3-2-4-8-22)14-13-21-9-5-11-24(15-21)25-12-6-10-23(16-25)19-41-31(40)34-20;1-7-5-3-2-4-6-7/h2-12,15-16,20,26H,13-14,17-19H2,1H3,(H,32,39)(H,33,38)(H,34,40)(H,35,37);2-6H,1H3/t20-,26?;/m0./s1. The van der Waals surface area contributed by atoms with Crippen LogP contribution in [0.2, 0.25) is 0 Å². The van der Waals surface area contributed by atoms with Gasteiger partial charge in [-0.3, -0.25) is 19.2 Å². The summed E-state index contributed by atoms with van der Waals surface area (Å²) in [5.41, 5.74) is 5.79. The molecule has 5 rings (SSSR count). The summed E-state index contributed by atoms with van der Waals surface area (Å²) in [4.78, 5) is 62.8. The van der Waals surface area contributed by atoms with E-state index in [4.69, 9.17) is 4.74 Å². The highest BCUT2D eigenvalue weighted by Crippen LogP contribution is 2.23. The van der Waals surface area contributed by atoms with E-state index in [-0.39, 0.29) is 19.6 Å². The lowest BCUT2D eigenvalue weighted by molar-refractivity contribution is -0.138. The van der Waals surface area contributed by atoms with Crippen molar-refractivity contribution in [2.75, 3.05) is 6.54 Å². The lowest BCUT2D eigenvalue weighted by Gasteiger charge is -2.21. The average Bonchev–Trinajstić information content (AvgIpc) is 3.11. The highest BCUT2D eigenvalue weighted by Gasteiger charge is 2.26. The molecule has 4 bridgehead atoms. The SMILES string of the molecule is C[C@@H]1NC(=O)OCc2cccc(c2)-c2cccc(c2)CCC(C(=O)NCC(=O)C(=O)NCc2ccccc2)NC1=O.Cc1ccccc1. The van der Waals surface area contributed by atoms with Crippen LogP contribution in [0.15, 0.2) is 109 Å². The average molecular weight is 649 g/mol. The van der Waals surface area contributed by atoms with Crippen molar-refractivity contribution < 1.29 is 28.7 Å². The first-order valence-corrected chi connectivity index (χ1v) is 15.7. The van der Waals surface area contributed by atoms with Gasteiger partial charge in [0.2, 0.25) is 17.6 Å². The van der Waals surface area contributed by atoms with Gasteiger partial charge in [0.05, 0.1) is 6.54 Å². The maximum atomic E-state index is 13.1. The Hall–Kier alpha value is -5.77. The topological polar surface area (TPSA) is 143 Å². The highest BCUT2D eigenvalue weighted by atomic mass is 16.5. The molecule has 4 N–H and O–H groups in total. The van der Waals surface area contributed by atoms with Gasteiger partial charge in [0.15, 0.2) is 0 Å². The van der Waals surface area contributed by atoms with Gasteiger partial charge in [-0.05, 0) is 60.6 Å². The van der Waals surface area contributed by atoms with Crippen molar-refractivity contribution in [2.45, 2.75) is 51.9 Å². The predicted molar refractivity (Wildman–Crippen MR) is 182 cm³/mol. The third-order valence-corrected chi connectivity index (χ3v) is 7.55. The van der Waals surface area contributed by atoms with E-state index in [1.165, 1.54) is 12.5 Å². The fourth-order valence-corrected chi connectivity index (χ4v) is 4.84. The largest absolute Gasteiger partial charge is 0.445 e. The summed E-state index contributed by atoms with van der Waals surface area (Å²) in [5, 5.41) is 10.1. The zero-order chi connectivity index (χ0) is 34.3. The van der Waals surface area contributed by atoms with E-state index in [2.05, 4.69) is 40.3 Å². The van der Waals surface area contributed by atoms with Gasteiger partial charge in [0, 0.05) is 6.54 Å². The molecule has 48 heavy (non-hydrogen) atoms. The Bertz CT molecular complexity index is 1710. The summed E-state index contributed by atoms with van der Waals surface area (Å²) in [6.07, 6.45) is -0.117. The molecule has 0 aliphatic carbocycles. The number of nitrogens with one attached hydrogen (secondary N) is 4.